The number of fused-ring (bicyclic) bond motifs is 3. The zero-order valence-electron chi connectivity index (χ0n) is 20.8. The van der Waals surface area contributed by atoms with Gasteiger partial charge < -0.3 is 0 Å². The smallest absolute Gasteiger partial charge is 0.147 e. The molecule has 32 heavy (non-hydrogen) atoms. The molecule has 4 rings (SSSR count). The van der Waals surface area contributed by atoms with Gasteiger partial charge in [0.05, 0.1) is 0 Å². The van der Waals surface area contributed by atoms with Crippen LogP contribution in [0.5, 0.6) is 0 Å². The van der Waals surface area contributed by atoms with Crippen molar-refractivity contribution in [2.75, 3.05) is 0 Å². The summed E-state index contributed by atoms with van der Waals surface area (Å²) in [5.41, 5.74) is 9.61. The second-order valence-electron chi connectivity index (χ2n) is 11.3. The molecule has 0 unspecified atom stereocenters. The van der Waals surface area contributed by atoms with Crippen LogP contribution >= 0.6 is 24.8 Å². The molecular weight excluding hydrogens is 483 g/mol. The Kier molecular flexibility index (Phi) is 8.62. The van der Waals surface area contributed by atoms with Gasteiger partial charge in [-0.05, 0) is 0 Å². The topological polar surface area (TPSA) is 0 Å². The molecule has 0 saturated heterocycles. The summed E-state index contributed by atoms with van der Waals surface area (Å²) in [4.78, 5) is 0. The van der Waals surface area contributed by atoms with Crippen molar-refractivity contribution in [1.82, 2.24) is 0 Å². The van der Waals surface area contributed by atoms with Crippen LogP contribution in [0.25, 0.3) is 11.1 Å². The molecule has 172 valence electrons. The van der Waals surface area contributed by atoms with E-state index in [9.17, 15) is 0 Å². The molecule has 0 fully saturated rings. The molecule has 2 aliphatic carbocycles. The number of allylic oxidation sites excluding steroid dienone is 4. The number of rotatable bonds is 2. The first kappa shape index (κ1) is 27.7. The van der Waals surface area contributed by atoms with Crippen molar-refractivity contribution in [2.45, 2.75) is 76.1 Å². The third-order valence-corrected chi connectivity index (χ3v) is 18.9. The van der Waals surface area contributed by atoms with Crippen LogP contribution in [0.1, 0.15) is 74.4 Å². The summed E-state index contributed by atoms with van der Waals surface area (Å²) < 4.78 is 2.45. The van der Waals surface area contributed by atoms with Gasteiger partial charge in [-0.25, -0.2) is 0 Å². The minimum atomic E-state index is -1.49. The predicted octanol–water partition coefficient (Wildman–Crippen LogP) is 8.91. The van der Waals surface area contributed by atoms with Crippen molar-refractivity contribution >= 4 is 31.0 Å². The van der Waals surface area contributed by atoms with Gasteiger partial charge in [-0.3, -0.25) is 0 Å². The summed E-state index contributed by atoms with van der Waals surface area (Å²) in [6, 6.07) is 14.8. The van der Waals surface area contributed by atoms with Gasteiger partial charge in [0.15, 0.2) is 0 Å². The molecular formula is C28H38Cl2SiTi. The van der Waals surface area contributed by atoms with Crippen LogP contribution in [-0.4, -0.2) is 6.19 Å². The Morgan fingerprint density at radius 1 is 0.781 bits per heavy atom. The molecule has 0 aromatic heterocycles. The predicted molar refractivity (Wildman–Crippen MR) is 145 cm³/mol. The summed E-state index contributed by atoms with van der Waals surface area (Å²) in [5, 5.41) is 0. The van der Waals surface area contributed by atoms with Gasteiger partial charge in [-0.15, -0.1) is 24.8 Å². The molecule has 0 nitrogen and oxygen atoms in total. The van der Waals surface area contributed by atoms with Crippen LogP contribution in [0.4, 0.5) is 0 Å². The summed E-state index contributed by atoms with van der Waals surface area (Å²) >= 11 is -1.49. The maximum atomic E-state index is 2.58. The van der Waals surface area contributed by atoms with Crippen LogP contribution < -0.4 is 0 Å². The molecule has 0 saturated carbocycles. The largest absolute Gasteiger partial charge is 0.147 e. The van der Waals surface area contributed by atoms with Gasteiger partial charge in [-0.1, -0.05) is 0 Å². The molecule has 0 atom stereocenters. The number of halogens is 2. The van der Waals surface area contributed by atoms with E-state index < -0.39 is 16.6 Å². The summed E-state index contributed by atoms with van der Waals surface area (Å²) in [7, 11) is 0. The normalized spacial score (nSPS) is 14.8. The molecule has 0 heterocycles. The van der Waals surface area contributed by atoms with E-state index in [0.29, 0.717) is 4.22 Å². The van der Waals surface area contributed by atoms with Crippen LogP contribution in [0.15, 0.2) is 58.5 Å². The van der Waals surface area contributed by atoms with E-state index in [4.69, 9.17) is 0 Å². The molecule has 0 spiro atoms. The first-order valence-corrected chi connectivity index (χ1v) is 17.8. The zero-order valence-corrected chi connectivity index (χ0v) is 25.0. The van der Waals surface area contributed by atoms with Crippen molar-refractivity contribution in [2.24, 2.45) is 0 Å². The fraction of sp³-hybridized carbons (Fsp3) is 0.429. The second-order valence-corrected chi connectivity index (χ2v) is 23.4. The van der Waals surface area contributed by atoms with Crippen molar-refractivity contribution in [1.29, 1.82) is 0 Å². The first-order valence-electron chi connectivity index (χ1n) is 11.3. The summed E-state index contributed by atoms with van der Waals surface area (Å²) in [6.45, 7) is 19.2. The molecule has 0 aliphatic heterocycles. The molecule has 0 amide bonds. The van der Waals surface area contributed by atoms with E-state index in [1.54, 1.807) is 15.0 Å². The fourth-order valence-corrected chi connectivity index (χ4v) is 17.2. The third kappa shape index (κ3) is 5.08. The number of benzene rings is 2. The van der Waals surface area contributed by atoms with Crippen LogP contribution in [0.2, 0.25) is 13.1 Å². The van der Waals surface area contributed by atoms with Gasteiger partial charge >= 0.3 is 191 Å². The van der Waals surface area contributed by atoms with Crippen LogP contribution in [0, 0.1) is 0 Å². The summed E-state index contributed by atoms with van der Waals surface area (Å²) in [5.74, 6) is 0. The van der Waals surface area contributed by atoms with Crippen molar-refractivity contribution in [3.8, 4) is 11.1 Å². The summed E-state index contributed by atoms with van der Waals surface area (Å²) in [6.07, 6.45) is 8.00. The average molecular weight is 521 g/mol. The van der Waals surface area contributed by atoms with Crippen molar-refractivity contribution in [3.63, 3.8) is 0 Å². The van der Waals surface area contributed by atoms with E-state index >= 15 is 0 Å². The Labute approximate surface area is 214 Å². The maximum absolute atomic E-state index is 2.58. The van der Waals surface area contributed by atoms with E-state index in [0.717, 1.165) is 0 Å². The first-order chi connectivity index (χ1) is 14.0. The standard InChI is InChI=1S/C21H25.C5H5.C2H6Si.2ClH.Ti/c1-20(2,3)16-7-9-18-14(12-16)11-15-13-17(21(4,5)6)8-10-19(15)18;1-2-4-5-3-1;1-3-2;;;/h7-13H,1-6H3;1-3H,4H2;1-2H3;2*1H;. The number of hydrogen-bond acceptors (Lipinski definition) is 0. The van der Waals surface area contributed by atoms with E-state index in [-0.39, 0.29) is 41.8 Å². The molecule has 2 aliphatic rings. The van der Waals surface area contributed by atoms with Gasteiger partial charge in [0.1, 0.15) is 0 Å². The van der Waals surface area contributed by atoms with Crippen LogP contribution in [0.3, 0.4) is 0 Å². The van der Waals surface area contributed by atoms with Crippen molar-refractivity contribution < 1.29 is 16.6 Å². The van der Waals surface area contributed by atoms with E-state index in [2.05, 4.69) is 109 Å². The van der Waals surface area contributed by atoms with Crippen LogP contribution in [-0.2, 0) is 27.4 Å². The van der Waals surface area contributed by atoms with Gasteiger partial charge in [0.25, 0.3) is 0 Å². The molecule has 2 aromatic carbocycles. The minimum absolute atomic E-state index is 0. The molecule has 2 aromatic rings. The van der Waals surface area contributed by atoms with Gasteiger partial charge in [0, 0.05) is 0 Å². The Morgan fingerprint density at radius 3 is 1.59 bits per heavy atom. The van der Waals surface area contributed by atoms with E-state index in [1.165, 1.54) is 28.7 Å². The van der Waals surface area contributed by atoms with E-state index in [1.807, 2.05) is 0 Å². The minimum Gasteiger partial charge on any atom is -0.147 e. The third-order valence-electron chi connectivity index (χ3n) is 6.69. The molecule has 0 N–H and O–H groups in total. The van der Waals surface area contributed by atoms with Gasteiger partial charge in [0.2, 0.25) is 0 Å². The quantitative estimate of drug-likeness (QED) is 0.346. The molecule has 4 heteroatoms. The molecule has 0 bridgehead atoms. The molecule has 0 radical (unpaired) electrons. The van der Waals surface area contributed by atoms with Crippen molar-refractivity contribution in [3.05, 3.63) is 80.8 Å². The average Bonchev–Trinajstić information content (AvgIpc) is 3.27. The Hall–Kier alpha value is -0.569. The zero-order chi connectivity index (χ0) is 21.8. The maximum Gasteiger partial charge on any atom is -0.147 e. The fourth-order valence-electron chi connectivity index (χ4n) is 4.95. The Morgan fingerprint density at radius 2 is 1.25 bits per heavy atom. The Bertz CT molecular complexity index is 1040. The monoisotopic (exact) mass is 520 g/mol. The SMILES string of the molecule is C[Si](C)=[Ti]([C]1=CC=CC1)[CH]1c2cc(C(C)(C)C)ccc2-c2ccc(C(C)(C)C)cc21.Cl.Cl. The number of hydrogen-bond donors (Lipinski definition) is 0. The Balaban J connectivity index is 0.00000181. The van der Waals surface area contributed by atoms with Gasteiger partial charge in [-0.2, -0.15) is 0 Å². The second kappa shape index (κ2) is 9.97.